The molecule has 2 heterocycles. The Labute approximate surface area is 129 Å². The maximum atomic E-state index is 12.3. The molecular formula is C18H17N3O. The predicted octanol–water partition coefficient (Wildman–Crippen LogP) is 3.31. The van der Waals surface area contributed by atoms with Crippen molar-refractivity contribution in [2.45, 2.75) is 20.3 Å². The van der Waals surface area contributed by atoms with E-state index >= 15 is 0 Å². The quantitative estimate of drug-likeness (QED) is 0.693. The Hall–Kier alpha value is -2.75. The molecule has 0 unspecified atom stereocenters. The first kappa shape index (κ1) is 14.2. The molecule has 3 rings (SSSR count). The lowest BCUT2D eigenvalue weighted by molar-refractivity contribution is 0.0992. The molecule has 0 spiro atoms. The van der Waals surface area contributed by atoms with Crippen molar-refractivity contribution in [2.75, 3.05) is 0 Å². The highest BCUT2D eigenvalue weighted by molar-refractivity contribution is 5.97. The normalized spacial score (nSPS) is 10.6. The zero-order valence-corrected chi connectivity index (χ0v) is 12.7. The molecule has 0 bridgehead atoms. The van der Waals surface area contributed by atoms with Crippen LogP contribution in [0.15, 0.2) is 54.6 Å². The average molecular weight is 291 g/mol. The highest BCUT2D eigenvalue weighted by Crippen LogP contribution is 2.12. The number of aryl methyl sites for hydroxylation is 2. The standard InChI is InChI=1S/C18H17N3O/c1-13-11-14(2)21(20-13)18-10-6-9-16(19-18)12-17(22)15-7-4-3-5-8-15/h3-11H,12H2,1-2H3. The van der Waals surface area contributed by atoms with Gasteiger partial charge in [0.25, 0.3) is 0 Å². The van der Waals surface area contributed by atoms with E-state index in [0.29, 0.717) is 5.56 Å². The van der Waals surface area contributed by atoms with Crippen LogP contribution in [0.25, 0.3) is 5.82 Å². The Balaban J connectivity index is 1.86. The summed E-state index contributed by atoms with van der Waals surface area (Å²) in [6.07, 6.45) is 0.289. The number of ketones is 1. The fourth-order valence-corrected chi connectivity index (χ4v) is 2.43. The molecule has 0 fully saturated rings. The molecule has 0 aliphatic carbocycles. The maximum absolute atomic E-state index is 12.3. The van der Waals surface area contributed by atoms with Gasteiger partial charge < -0.3 is 0 Å². The topological polar surface area (TPSA) is 47.8 Å². The Morgan fingerprint density at radius 1 is 1.05 bits per heavy atom. The Kier molecular flexibility index (Phi) is 3.83. The average Bonchev–Trinajstić information content (AvgIpc) is 2.87. The molecule has 110 valence electrons. The van der Waals surface area contributed by atoms with Gasteiger partial charge in [-0.05, 0) is 32.0 Å². The molecule has 2 aromatic heterocycles. The molecule has 0 N–H and O–H groups in total. The molecule has 22 heavy (non-hydrogen) atoms. The van der Waals surface area contributed by atoms with Crippen LogP contribution >= 0.6 is 0 Å². The highest BCUT2D eigenvalue weighted by Gasteiger charge is 2.10. The summed E-state index contributed by atoms with van der Waals surface area (Å²) in [6.45, 7) is 3.94. The third kappa shape index (κ3) is 2.96. The fraction of sp³-hybridized carbons (Fsp3) is 0.167. The third-order valence-electron chi connectivity index (χ3n) is 3.46. The largest absolute Gasteiger partial charge is 0.294 e. The number of pyridine rings is 1. The number of Topliss-reactive ketones (excluding diaryl/α,β-unsaturated/α-hetero) is 1. The van der Waals surface area contributed by atoms with Gasteiger partial charge in [-0.3, -0.25) is 4.79 Å². The zero-order valence-electron chi connectivity index (χ0n) is 12.7. The molecule has 0 aliphatic rings. The summed E-state index contributed by atoms with van der Waals surface area (Å²) < 4.78 is 1.80. The summed E-state index contributed by atoms with van der Waals surface area (Å²) in [5.74, 6) is 0.808. The van der Waals surface area contributed by atoms with Gasteiger partial charge in [0.2, 0.25) is 0 Å². The lowest BCUT2D eigenvalue weighted by Crippen LogP contribution is -2.08. The van der Waals surface area contributed by atoms with E-state index in [1.807, 2.05) is 68.4 Å². The van der Waals surface area contributed by atoms with Crippen LogP contribution in [0.5, 0.6) is 0 Å². The number of carbonyl (C=O) groups is 1. The zero-order chi connectivity index (χ0) is 15.5. The minimum Gasteiger partial charge on any atom is -0.294 e. The molecule has 3 aromatic rings. The van der Waals surface area contributed by atoms with Crippen LogP contribution in [0.1, 0.15) is 27.4 Å². The molecule has 4 nitrogen and oxygen atoms in total. The van der Waals surface area contributed by atoms with E-state index in [-0.39, 0.29) is 12.2 Å². The van der Waals surface area contributed by atoms with Gasteiger partial charge in [0.1, 0.15) is 0 Å². The molecule has 0 aliphatic heterocycles. The maximum Gasteiger partial charge on any atom is 0.168 e. The van der Waals surface area contributed by atoms with Crippen molar-refractivity contribution in [3.05, 3.63) is 77.2 Å². The van der Waals surface area contributed by atoms with Crippen molar-refractivity contribution < 1.29 is 4.79 Å². The first-order chi connectivity index (χ1) is 10.6. The second kappa shape index (κ2) is 5.93. The van der Waals surface area contributed by atoms with E-state index in [4.69, 9.17) is 0 Å². The minimum absolute atomic E-state index is 0.0682. The number of hydrogen-bond donors (Lipinski definition) is 0. The SMILES string of the molecule is Cc1cc(C)n(-c2cccc(CC(=O)c3ccccc3)n2)n1. The molecule has 0 atom stereocenters. The Morgan fingerprint density at radius 3 is 2.50 bits per heavy atom. The summed E-state index contributed by atoms with van der Waals surface area (Å²) in [4.78, 5) is 16.8. The van der Waals surface area contributed by atoms with Crippen LogP contribution in [0, 0.1) is 13.8 Å². The first-order valence-corrected chi connectivity index (χ1v) is 7.21. The summed E-state index contributed by atoms with van der Waals surface area (Å²) in [5, 5.41) is 4.43. The molecular weight excluding hydrogens is 274 g/mol. The van der Waals surface area contributed by atoms with Crippen LogP contribution in [0.3, 0.4) is 0 Å². The van der Waals surface area contributed by atoms with Gasteiger partial charge in [-0.15, -0.1) is 0 Å². The lowest BCUT2D eigenvalue weighted by Gasteiger charge is -2.06. The van der Waals surface area contributed by atoms with E-state index in [9.17, 15) is 4.79 Å². The third-order valence-corrected chi connectivity index (χ3v) is 3.46. The van der Waals surface area contributed by atoms with E-state index in [1.165, 1.54) is 0 Å². The van der Waals surface area contributed by atoms with Gasteiger partial charge in [-0.2, -0.15) is 5.10 Å². The van der Waals surface area contributed by atoms with E-state index in [1.54, 1.807) is 4.68 Å². The van der Waals surface area contributed by atoms with Gasteiger partial charge >= 0.3 is 0 Å². The van der Waals surface area contributed by atoms with Gasteiger partial charge in [-0.1, -0.05) is 36.4 Å². The van der Waals surface area contributed by atoms with Gasteiger partial charge in [0.15, 0.2) is 11.6 Å². The van der Waals surface area contributed by atoms with Crippen molar-refractivity contribution in [1.82, 2.24) is 14.8 Å². The second-order valence-corrected chi connectivity index (χ2v) is 5.29. The fourth-order valence-electron chi connectivity index (χ4n) is 2.43. The van der Waals surface area contributed by atoms with Gasteiger partial charge in [-0.25, -0.2) is 9.67 Å². The lowest BCUT2D eigenvalue weighted by atomic mass is 10.1. The van der Waals surface area contributed by atoms with Crippen molar-refractivity contribution in [2.24, 2.45) is 0 Å². The molecule has 4 heteroatoms. The molecule has 0 radical (unpaired) electrons. The second-order valence-electron chi connectivity index (χ2n) is 5.29. The summed E-state index contributed by atoms with van der Waals surface area (Å²) >= 11 is 0. The smallest absolute Gasteiger partial charge is 0.168 e. The van der Waals surface area contributed by atoms with Crippen LogP contribution in [0.2, 0.25) is 0 Å². The van der Waals surface area contributed by atoms with Crippen LogP contribution < -0.4 is 0 Å². The first-order valence-electron chi connectivity index (χ1n) is 7.21. The van der Waals surface area contributed by atoms with Crippen LogP contribution in [0.4, 0.5) is 0 Å². The summed E-state index contributed by atoms with van der Waals surface area (Å²) in [6, 6.07) is 17.0. The van der Waals surface area contributed by atoms with Crippen molar-refractivity contribution >= 4 is 5.78 Å². The van der Waals surface area contributed by atoms with Crippen molar-refractivity contribution in [1.29, 1.82) is 0 Å². The number of hydrogen-bond acceptors (Lipinski definition) is 3. The summed E-state index contributed by atoms with van der Waals surface area (Å²) in [7, 11) is 0. The monoisotopic (exact) mass is 291 g/mol. The Morgan fingerprint density at radius 2 is 1.82 bits per heavy atom. The van der Waals surface area contributed by atoms with Crippen LogP contribution in [-0.2, 0) is 6.42 Å². The molecule has 0 saturated carbocycles. The van der Waals surface area contributed by atoms with E-state index < -0.39 is 0 Å². The van der Waals surface area contributed by atoms with Gasteiger partial charge in [0.05, 0.1) is 17.8 Å². The summed E-state index contributed by atoms with van der Waals surface area (Å²) in [5.41, 5.74) is 3.43. The number of benzene rings is 1. The number of carbonyl (C=O) groups excluding carboxylic acids is 1. The number of nitrogens with zero attached hydrogens (tertiary/aromatic N) is 3. The number of aromatic nitrogens is 3. The minimum atomic E-state index is 0.0682. The van der Waals surface area contributed by atoms with Gasteiger partial charge in [0, 0.05) is 11.3 Å². The van der Waals surface area contributed by atoms with E-state index in [2.05, 4.69) is 10.1 Å². The predicted molar refractivity (Wildman–Crippen MR) is 85.3 cm³/mol. The highest BCUT2D eigenvalue weighted by atomic mass is 16.1. The van der Waals surface area contributed by atoms with Crippen molar-refractivity contribution in [3.63, 3.8) is 0 Å². The van der Waals surface area contributed by atoms with Crippen molar-refractivity contribution in [3.8, 4) is 5.82 Å². The molecule has 0 saturated heterocycles. The molecule has 0 amide bonds. The number of rotatable bonds is 4. The van der Waals surface area contributed by atoms with E-state index in [0.717, 1.165) is 22.9 Å². The molecule has 1 aromatic carbocycles. The van der Waals surface area contributed by atoms with Crippen LogP contribution in [-0.4, -0.2) is 20.5 Å². The Bertz CT molecular complexity index is 806.